The second kappa shape index (κ2) is 7.69. The molecule has 0 aromatic carbocycles. The largest absolute Gasteiger partial charge is 0.361 e. The zero-order valence-corrected chi connectivity index (χ0v) is 16.6. The van der Waals surface area contributed by atoms with Gasteiger partial charge in [0.2, 0.25) is 0 Å². The van der Waals surface area contributed by atoms with Gasteiger partial charge in [-0.3, -0.25) is 14.5 Å². The summed E-state index contributed by atoms with van der Waals surface area (Å²) in [4.78, 5) is 34.0. The van der Waals surface area contributed by atoms with Crippen molar-refractivity contribution < 1.29 is 9.32 Å². The summed E-state index contributed by atoms with van der Waals surface area (Å²) in [5, 5.41) is 8.81. The van der Waals surface area contributed by atoms with Crippen molar-refractivity contribution >= 4 is 17.2 Å². The summed E-state index contributed by atoms with van der Waals surface area (Å²) >= 11 is 1.62. The van der Waals surface area contributed by atoms with Gasteiger partial charge in [0.15, 0.2) is 0 Å². The minimum atomic E-state index is -0.231. The molecule has 146 valence electrons. The highest BCUT2D eigenvalue weighted by Gasteiger charge is 2.25. The first-order valence-electron chi connectivity index (χ1n) is 9.06. The third-order valence-corrected chi connectivity index (χ3v) is 6.01. The maximum absolute atomic E-state index is 12.6. The maximum atomic E-state index is 12.6. The van der Waals surface area contributed by atoms with Gasteiger partial charge in [-0.1, -0.05) is 5.16 Å². The zero-order valence-electron chi connectivity index (χ0n) is 15.7. The number of carbonyl (C=O) groups is 1. The van der Waals surface area contributed by atoms with Crippen LogP contribution in [0.5, 0.6) is 0 Å². The summed E-state index contributed by atoms with van der Waals surface area (Å²) in [6, 6.07) is 1.38. The Labute approximate surface area is 165 Å². The van der Waals surface area contributed by atoms with Crippen LogP contribution in [0.15, 0.2) is 27.1 Å². The summed E-state index contributed by atoms with van der Waals surface area (Å²) in [5.74, 6) is 0.738. The summed E-state index contributed by atoms with van der Waals surface area (Å²) in [7, 11) is 0. The molecule has 1 aliphatic heterocycles. The number of fused-ring (bicyclic) bond motifs is 1. The van der Waals surface area contributed by atoms with Crippen LogP contribution in [-0.4, -0.2) is 32.5 Å². The molecule has 3 aromatic rings. The molecule has 1 aliphatic rings. The molecule has 0 fully saturated rings. The number of nitrogens with one attached hydrogen (secondary N) is 2. The monoisotopic (exact) mass is 399 g/mol. The van der Waals surface area contributed by atoms with E-state index in [0.29, 0.717) is 5.69 Å². The van der Waals surface area contributed by atoms with Crippen LogP contribution in [0.1, 0.15) is 43.5 Å². The number of nitrogens with zero attached hydrogens (tertiary/aromatic N) is 3. The van der Waals surface area contributed by atoms with E-state index in [2.05, 4.69) is 25.3 Å². The van der Waals surface area contributed by atoms with Gasteiger partial charge in [-0.05, 0) is 25.8 Å². The van der Waals surface area contributed by atoms with Gasteiger partial charge in [-0.15, -0.1) is 11.3 Å². The molecule has 4 heterocycles. The summed E-state index contributed by atoms with van der Waals surface area (Å²) in [6.45, 7) is 6.62. The Morgan fingerprint density at radius 3 is 3.04 bits per heavy atom. The molecule has 0 atom stereocenters. The molecule has 0 spiro atoms. The van der Waals surface area contributed by atoms with E-state index >= 15 is 0 Å². The number of hydrogen-bond donors (Lipinski definition) is 2. The third-order valence-electron chi connectivity index (χ3n) is 5.00. The highest BCUT2D eigenvalue weighted by atomic mass is 32.1. The second-order valence-corrected chi connectivity index (χ2v) is 7.86. The summed E-state index contributed by atoms with van der Waals surface area (Å²) in [5.41, 5.74) is 4.22. The number of amides is 1. The summed E-state index contributed by atoms with van der Waals surface area (Å²) < 4.78 is 5.26. The van der Waals surface area contributed by atoms with Gasteiger partial charge in [0, 0.05) is 41.5 Å². The topological polar surface area (TPSA) is 104 Å². The lowest BCUT2D eigenvalue weighted by atomic mass is 10.0. The second-order valence-electron chi connectivity index (χ2n) is 6.90. The van der Waals surface area contributed by atoms with Gasteiger partial charge < -0.3 is 14.8 Å². The number of thiophene rings is 1. The average Bonchev–Trinajstić information content (AvgIpc) is 3.24. The van der Waals surface area contributed by atoms with Crippen LogP contribution in [0, 0.1) is 13.8 Å². The minimum absolute atomic E-state index is 0.126. The number of rotatable bonds is 5. The molecule has 9 heteroatoms. The molecule has 3 aromatic heterocycles. The van der Waals surface area contributed by atoms with E-state index < -0.39 is 0 Å². The van der Waals surface area contributed by atoms with Gasteiger partial charge in [-0.25, -0.2) is 4.98 Å². The fraction of sp³-hybridized carbons (Fsp3) is 0.368. The van der Waals surface area contributed by atoms with E-state index in [1.807, 2.05) is 19.2 Å². The molecule has 1 amide bonds. The van der Waals surface area contributed by atoms with Crippen molar-refractivity contribution in [2.45, 2.75) is 39.9 Å². The van der Waals surface area contributed by atoms with Crippen molar-refractivity contribution in [3.63, 3.8) is 0 Å². The SMILES string of the molecule is Cc1noc(C)c1CN1CCc2c(C(=O)NCc3cc(=O)[nH]cn3)csc2C1. The molecule has 4 rings (SSSR count). The predicted octanol–water partition coefficient (Wildman–Crippen LogP) is 1.92. The first-order chi connectivity index (χ1) is 13.5. The van der Waals surface area contributed by atoms with Gasteiger partial charge in [0.1, 0.15) is 5.76 Å². The fourth-order valence-electron chi connectivity index (χ4n) is 3.43. The lowest BCUT2D eigenvalue weighted by molar-refractivity contribution is 0.0949. The first kappa shape index (κ1) is 18.6. The van der Waals surface area contributed by atoms with Crippen LogP contribution in [0.25, 0.3) is 0 Å². The van der Waals surface area contributed by atoms with E-state index in [4.69, 9.17) is 4.52 Å². The van der Waals surface area contributed by atoms with Crippen molar-refractivity contribution in [2.24, 2.45) is 0 Å². The van der Waals surface area contributed by atoms with Crippen LogP contribution in [0.2, 0.25) is 0 Å². The van der Waals surface area contributed by atoms with Crippen LogP contribution < -0.4 is 10.9 Å². The maximum Gasteiger partial charge on any atom is 0.252 e. The van der Waals surface area contributed by atoms with E-state index in [-0.39, 0.29) is 18.0 Å². The molecule has 2 N–H and O–H groups in total. The van der Waals surface area contributed by atoms with Gasteiger partial charge >= 0.3 is 0 Å². The Bertz CT molecular complexity index is 1050. The molecule has 0 radical (unpaired) electrons. The van der Waals surface area contributed by atoms with Crippen LogP contribution in [0.3, 0.4) is 0 Å². The highest BCUT2D eigenvalue weighted by molar-refractivity contribution is 7.10. The van der Waals surface area contributed by atoms with Crippen molar-refractivity contribution in [2.75, 3.05) is 6.54 Å². The van der Waals surface area contributed by atoms with Crippen molar-refractivity contribution in [3.8, 4) is 0 Å². The molecule has 28 heavy (non-hydrogen) atoms. The molecular formula is C19H21N5O3S. The quantitative estimate of drug-likeness (QED) is 0.679. The Morgan fingerprint density at radius 1 is 1.43 bits per heavy atom. The van der Waals surface area contributed by atoms with Crippen molar-refractivity contribution in [3.05, 3.63) is 66.8 Å². The van der Waals surface area contributed by atoms with E-state index in [1.54, 1.807) is 11.3 Å². The van der Waals surface area contributed by atoms with Crippen molar-refractivity contribution in [1.82, 2.24) is 25.3 Å². The molecule has 8 nitrogen and oxygen atoms in total. The molecule has 0 saturated carbocycles. The third kappa shape index (κ3) is 3.76. The standard InChI is InChI=1S/C19H21N5O3S/c1-11-15(12(2)27-23-11)7-24-4-3-14-16(9-28-17(14)8-24)19(26)20-6-13-5-18(25)22-10-21-13/h5,9-10H,3-4,6-8H2,1-2H3,(H,20,26)(H,21,22,25). The average molecular weight is 399 g/mol. The zero-order chi connectivity index (χ0) is 19.7. The smallest absolute Gasteiger partial charge is 0.252 e. The van der Waals surface area contributed by atoms with Crippen LogP contribution >= 0.6 is 11.3 Å². The normalized spacial score (nSPS) is 14.1. The number of aromatic amines is 1. The highest BCUT2D eigenvalue weighted by Crippen LogP contribution is 2.30. The van der Waals surface area contributed by atoms with Crippen LogP contribution in [0.4, 0.5) is 0 Å². The predicted molar refractivity (Wildman–Crippen MR) is 104 cm³/mol. The van der Waals surface area contributed by atoms with Crippen LogP contribution in [-0.2, 0) is 26.1 Å². The minimum Gasteiger partial charge on any atom is -0.361 e. The van der Waals surface area contributed by atoms with Gasteiger partial charge in [-0.2, -0.15) is 0 Å². The Morgan fingerprint density at radius 2 is 2.29 bits per heavy atom. The molecule has 0 saturated heterocycles. The Hall–Kier alpha value is -2.78. The number of H-pyrrole nitrogens is 1. The number of aromatic nitrogens is 3. The van der Waals surface area contributed by atoms with E-state index in [9.17, 15) is 9.59 Å². The number of aryl methyl sites for hydroxylation is 2. The fourth-order valence-corrected chi connectivity index (χ4v) is 4.55. The van der Waals surface area contributed by atoms with Crippen molar-refractivity contribution in [1.29, 1.82) is 0 Å². The number of carbonyl (C=O) groups excluding carboxylic acids is 1. The molecular weight excluding hydrogens is 378 g/mol. The van der Waals surface area contributed by atoms with E-state index in [1.165, 1.54) is 17.3 Å². The van der Waals surface area contributed by atoms with Gasteiger partial charge in [0.25, 0.3) is 11.5 Å². The molecule has 0 aliphatic carbocycles. The Kier molecular flexibility index (Phi) is 5.10. The van der Waals surface area contributed by atoms with E-state index in [0.717, 1.165) is 54.2 Å². The molecule has 0 bridgehead atoms. The van der Waals surface area contributed by atoms with Gasteiger partial charge in [0.05, 0.1) is 29.8 Å². The first-order valence-corrected chi connectivity index (χ1v) is 9.94. The Balaban J connectivity index is 1.42. The molecule has 0 unspecified atom stereocenters. The summed E-state index contributed by atoms with van der Waals surface area (Å²) in [6.07, 6.45) is 2.16. The lowest BCUT2D eigenvalue weighted by Gasteiger charge is -2.27. The number of hydrogen-bond acceptors (Lipinski definition) is 7. The lowest BCUT2D eigenvalue weighted by Crippen LogP contribution is -2.31.